The molecular formula is C13H21N3O. The first-order chi connectivity index (χ1) is 8.43. The Kier molecular flexibility index (Phi) is 3.43. The molecule has 0 aromatic carbocycles. The smallest absolute Gasteiger partial charge is 0.114 e. The molecule has 1 aliphatic carbocycles. The Labute approximate surface area is 102 Å². The van der Waals surface area contributed by atoms with Gasteiger partial charge < -0.3 is 15.0 Å². The highest BCUT2D eigenvalue weighted by molar-refractivity contribution is 5.17. The molecule has 1 fully saturated rings. The number of aromatic nitrogens is 2. The van der Waals surface area contributed by atoms with E-state index in [2.05, 4.69) is 15.3 Å². The molecule has 0 amide bonds. The average molecular weight is 235 g/mol. The minimum atomic E-state index is 0.145. The lowest BCUT2D eigenvalue weighted by atomic mass is 9.95. The lowest BCUT2D eigenvalue weighted by Gasteiger charge is -2.27. The van der Waals surface area contributed by atoms with Gasteiger partial charge in [0.1, 0.15) is 6.10 Å². The van der Waals surface area contributed by atoms with E-state index in [1.54, 1.807) is 6.33 Å². The number of hydrogen-bond acceptors (Lipinski definition) is 3. The molecule has 0 bridgehead atoms. The molecule has 0 spiro atoms. The molecule has 1 aliphatic heterocycles. The topological polar surface area (TPSA) is 49.9 Å². The van der Waals surface area contributed by atoms with E-state index in [0.29, 0.717) is 6.04 Å². The monoisotopic (exact) mass is 235 g/mol. The van der Waals surface area contributed by atoms with Crippen LogP contribution in [-0.4, -0.2) is 29.2 Å². The predicted octanol–water partition coefficient (Wildman–Crippen LogP) is 1.95. The van der Waals surface area contributed by atoms with Crippen molar-refractivity contribution < 1.29 is 4.74 Å². The number of H-pyrrole nitrogens is 1. The third-order valence-electron chi connectivity index (χ3n) is 3.92. The molecule has 2 N–H and O–H groups in total. The lowest BCUT2D eigenvalue weighted by molar-refractivity contribution is 0.0364. The van der Waals surface area contributed by atoms with Gasteiger partial charge in [-0.2, -0.15) is 0 Å². The van der Waals surface area contributed by atoms with Gasteiger partial charge in [0.2, 0.25) is 0 Å². The van der Waals surface area contributed by atoms with Crippen molar-refractivity contribution in [2.75, 3.05) is 13.2 Å². The van der Waals surface area contributed by atoms with Crippen LogP contribution < -0.4 is 5.32 Å². The molecule has 3 rings (SSSR count). The van der Waals surface area contributed by atoms with E-state index in [0.717, 1.165) is 25.3 Å². The van der Waals surface area contributed by atoms with Gasteiger partial charge in [-0.1, -0.05) is 19.3 Å². The molecule has 17 heavy (non-hydrogen) atoms. The Morgan fingerprint density at radius 1 is 1.35 bits per heavy atom. The zero-order valence-electron chi connectivity index (χ0n) is 10.2. The van der Waals surface area contributed by atoms with Crippen LogP contribution in [0.5, 0.6) is 0 Å². The van der Waals surface area contributed by atoms with Gasteiger partial charge in [0.05, 0.1) is 18.6 Å². The molecular weight excluding hydrogens is 214 g/mol. The van der Waals surface area contributed by atoms with Crippen LogP contribution in [0.1, 0.15) is 49.6 Å². The number of hydrogen-bond donors (Lipinski definition) is 2. The summed E-state index contributed by atoms with van der Waals surface area (Å²) in [7, 11) is 0. The summed E-state index contributed by atoms with van der Waals surface area (Å²) in [5.41, 5.74) is 2.37. The summed E-state index contributed by atoms with van der Waals surface area (Å²) in [6, 6.07) is 0.691. The number of ether oxygens (including phenoxy) is 1. The number of nitrogens with zero attached hydrogens (tertiary/aromatic N) is 1. The van der Waals surface area contributed by atoms with E-state index >= 15 is 0 Å². The highest BCUT2D eigenvalue weighted by Crippen LogP contribution is 2.24. The summed E-state index contributed by atoms with van der Waals surface area (Å²) in [5, 5.41) is 3.64. The van der Waals surface area contributed by atoms with Gasteiger partial charge >= 0.3 is 0 Å². The zero-order valence-corrected chi connectivity index (χ0v) is 10.2. The van der Waals surface area contributed by atoms with Crippen molar-refractivity contribution in [3.05, 3.63) is 17.7 Å². The summed E-state index contributed by atoms with van der Waals surface area (Å²) >= 11 is 0. The number of nitrogens with one attached hydrogen (secondary N) is 2. The summed E-state index contributed by atoms with van der Waals surface area (Å²) in [6.45, 7) is 1.72. The molecule has 4 nitrogen and oxygen atoms in total. The van der Waals surface area contributed by atoms with Crippen LogP contribution in [0.25, 0.3) is 0 Å². The van der Waals surface area contributed by atoms with E-state index in [4.69, 9.17) is 4.74 Å². The summed E-state index contributed by atoms with van der Waals surface area (Å²) < 4.78 is 5.81. The number of rotatable bonds is 3. The lowest BCUT2D eigenvalue weighted by Crippen LogP contribution is -2.36. The number of imidazole rings is 1. The second kappa shape index (κ2) is 5.19. The Morgan fingerprint density at radius 2 is 2.24 bits per heavy atom. The van der Waals surface area contributed by atoms with Crippen LogP contribution in [0.4, 0.5) is 0 Å². The van der Waals surface area contributed by atoms with Crippen molar-refractivity contribution in [2.45, 2.75) is 50.7 Å². The van der Waals surface area contributed by atoms with Crippen LogP contribution in [0.15, 0.2) is 6.33 Å². The maximum atomic E-state index is 5.81. The van der Waals surface area contributed by atoms with Gasteiger partial charge in [0.25, 0.3) is 0 Å². The molecule has 94 valence electrons. The second-order valence-electron chi connectivity index (χ2n) is 5.12. The number of aromatic amines is 1. The van der Waals surface area contributed by atoms with Crippen molar-refractivity contribution in [1.82, 2.24) is 15.3 Å². The summed E-state index contributed by atoms with van der Waals surface area (Å²) in [6.07, 6.45) is 9.68. The quantitative estimate of drug-likeness (QED) is 0.842. The van der Waals surface area contributed by atoms with E-state index in [-0.39, 0.29) is 6.10 Å². The third kappa shape index (κ3) is 2.53. The normalized spacial score (nSPS) is 25.8. The van der Waals surface area contributed by atoms with Crippen molar-refractivity contribution in [2.24, 2.45) is 0 Å². The highest BCUT2D eigenvalue weighted by Gasteiger charge is 2.24. The molecule has 1 saturated carbocycles. The van der Waals surface area contributed by atoms with Crippen LogP contribution >= 0.6 is 0 Å². The molecule has 1 unspecified atom stereocenters. The fraction of sp³-hybridized carbons (Fsp3) is 0.769. The molecule has 0 saturated heterocycles. The van der Waals surface area contributed by atoms with Crippen molar-refractivity contribution in [1.29, 1.82) is 0 Å². The minimum Gasteiger partial charge on any atom is -0.370 e. The zero-order chi connectivity index (χ0) is 11.5. The van der Waals surface area contributed by atoms with E-state index in [1.165, 1.54) is 37.8 Å². The van der Waals surface area contributed by atoms with Crippen molar-refractivity contribution in [3.63, 3.8) is 0 Å². The minimum absolute atomic E-state index is 0.145. The molecule has 2 heterocycles. The fourth-order valence-corrected chi connectivity index (χ4v) is 2.93. The van der Waals surface area contributed by atoms with E-state index in [9.17, 15) is 0 Å². The van der Waals surface area contributed by atoms with Gasteiger partial charge in [-0.3, -0.25) is 0 Å². The maximum absolute atomic E-state index is 5.81. The summed E-state index contributed by atoms with van der Waals surface area (Å²) in [4.78, 5) is 7.59. The van der Waals surface area contributed by atoms with E-state index < -0.39 is 0 Å². The Bertz CT molecular complexity index is 357. The fourth-order valence-electron chi connectivity index (χ4n) is 2.93. The van der Waals surface area contributed by atoms with Gasteiger partial charge in [0.15, 0.2) is 0 Å². The SMILES string of the molecule is c1nc2c([nH]1)CCOC2CNC1CCCCC1. The third-order valence-corrected chi connectivity index (χ3v) is 3.92. The van der Waals surface area contributed by atoms with Gasteiger partial charge in [0, 0.05) is 24.7 Å². The van der Waals surface area contributed by atoms with Gasteiger partial charge in [-0.05, 0) is 12.8 Å². The van der Waals surface area contributed by atoms with E-state index in [1.807, 2.05) is 0 Å². The Hall–Kier alpha value is -0.870. The van der Waals surface area contributed by atoms with Gasteiger partial charge in [-0.25, -0.2) is 4.98 Å². The molecule has 1 aromatic rings. The van der Waals surface area contributed by atoms with Gasteiger partial charge in [-0.15, -0.1) is 0 Å². The second-order valence-corrected chi connectivity index (χ2v) is 5.12. The molecule has 1 aromatic heterocycles. The first kappa shape index (κ1) is 11.2. The first-order valence-corrected chi connectivity index (χ1v) is 6.80. The number of fused-ring (bicyclic) bond motifs is 1. The predicted molar refractivity (Wildman–Crippen MR) is 65.9 cm³/mol. The molecule has 4 heteroatoms. The standard InChI is InChI=1S/C13H21N3O/c1-2-4-10(5-3-1)14-8-12-13-11(6-7-17-12)15-9-16-13/h9-10,12,14H,1-8H2,(H,15,16). The van der Waals surface area contributed by atoms with Crippen LogP contribution in [0.2, 0.25) is 0 Å². The van der Waals surface area contributed by atoms with Crippen molar-refractivity contribution >= 4 is 0 Å². The van der Waals surface area contributed by atoms with Crippen LogP contribution in [0, 0.1) is 0 Å². The molecule has 0 radical (unpaired) electrons. The average Bonchev–Trinajstić information content (AvgIpc) is 2.86. The summed E-state index contributed by atoms with van der Waals surface area (Å²) in [5.74, 6) is 0. The highest BCUT2D eigenvalue weighted by atomic mass is 16.5. The van der Waals surface area contributed by atoms with Crippen LogP contribution in [-0.2, 0) is 11.2 Å². The Balaban J connectivity index is 1.56. The largest absolute Gasteiger partial charge is 0.370 e. The maximum Gasteiger partial charge on any atom is 0.114 e. The van der Waals surface area contributed by atoms with Crippen molar-refractivity contribution in [3.8, 4) is 0 Å². The molecule has 2 aliphatic rings. The molecule has 1 atom stereocenters. The first-order valence-electron chi connectivity index (χ1n) is 6.80. The van der Waals surface area contributed by atoms with Crippen LogP contribution in [0.3, 0.4) is 0 Å². The Morgan fingerprint density at radius 3 is 3.12 bits per heavy atom.